The van der Waals surface area contributed by atoms with E-state index in [1.165, 1.54) is 11.3 Å². The van der Waals surface area contributed by atoms with Crippen LogP contribution >= 0.6 is 0 Å². The topological polar surface area (TPSA) is 90.1 Å². The van der Waals surface area contributed by atoms with Gasteiger partial charge in [0.05, 0.1) is 30.2 Å². The van der Waals surface area contributed by atoms with Crippen molar-refractivity contribution in [2.24, 2.45) is 7.05 Å². The fraction of sp³-hybridized carbons (Fsp3) is 0.407. The summed E-state index contributed by atoms with van der Waals surface area (Å²) in [6.07, 6.45) is 8.48. The molecular formula is C27H31N7O2. The van der Waals surface area contributed by atoms with Crippen LogP contribution in [-0.2, 0) is 24.8 Å². The Kier molecular flexibility index (Phi) is 5.72. The largest absolute Gasteiger partial charge is 0.381 e. The second-order valence-electron chi connectivity index (χ2n) is 9.74. The second-order valence-corrected chi connectivity index (χ2v) is 9.74. The fourth-order valence-corrected chi connectivity index (χ4v) is 5.53. The Hall–Kier alpha value is -3.72. The molecule has 36 heavy (non-hydrogen) atoms. The van der Waals surface area contributed by atoms with E-state index in [0.29, 0.717) is 19.1 Å². The Labute approximate surface area is 210 Å². The standard InChI is InChI=1S/C27H31N7O2/c1-17-4-5-20(22-14-29-24(12-21(17)22)18-13-30-32(3)15-18)26-23-16-33(27(35)28-2)9-6-25(23)34(31-26)19-7-10-36-11-8-19/h4-5,12-15,19H,6-11,16H2,1-3H3,(H,28,35). The van der Waals surface area contributed by atoms with Gasteiger partial charge in [0.2, 0.25) is 0 Å². The lowest BCUT2D eigenvalue weighted by atomic mass is 9.95. The third-order valence-electron chi connectivity index (χ3n) is 7.50. The predicted octanol–water partition coefficient (Wildman–Crippen LogP) is 3.86. The van der Waals surface area contributed by atoms with Gasteiger partial charge in [-0.3, -0.25) is 14.3 Å². The van der Waals surface area contributed by atoms with Crippen molar-refractivity contribution in [2.75, 3.05) is 26.8 Å². The van der Waals surface area contributed by atoms with Gasteiger partial charge in [-0.25, -0.2) is 4.79 Å². The highest BCUT2D eigenvalue weighted by molar-refractivity contribution is 5.99. The molecule has 1 fully saturated rings. The van der Waals surface area contributed by atoms with Gasteiger partial charge < -0.3 is 15.0 Å². The summed E-state index contributed by atoms with van der Waals surface area (Å²) in [5, 5.41) is 14.5. The maximum Gasteiger partial charge on any atom is 0.317 e. The number of carbonyl (C=O) groups excluding carboxylic acids is 1. The van der Waals surface area contributed by atoms with Crippen molar-refractivity contribution in [3.05, 3.63) is 53.6 Å². The van der Waals surface area contributed by atoms with E-state index in [1.807, 2.05) is 30.5 Å². The molecule has 9 nitrogen and oxygen atoms in total. The molecule has 0 spiro atoms. The molecule has 6 rings (SSSR count). The Bertz CT molecular complexity index is 1450. The van der Waals surface area contributed by atoms with Crippen LogP contribution < -0.4 is 5.32 Å². The van der Waals surface area contributed by atoms with Gasteiger partial charge in [0.25, 0.3) is 0 Å². The van der Waals surface area contributed by atoms with Crippen molar-refractivity contribution in [2.45, 2.75) is 38.8 Å². The van der Waals surface area contributed by atoms with Crippen LogP contribution in [0.15, 0.2) is 36.8 Å². The molecular weight excluding hydrogens is 454 g/mol. The highest BCUT2D eigenvalue weighted by Gasteiger charge is 2.31. The number of nitrogens with one attached hydrogen (secondary N) is 1. The smallest absolute Gasteiger partial charge is 0.317 e. The van der Waals surface area contributed by atoms with Crippen molar-refractivity contribution >= 4 is 16.8 Å². The van der Waals surface area contributed by atoms with E-state index in [4.69, 9.17) is 14.8 Å². The highest BCUT2D eigenvalue weighted by atomic mass is 16.5. The van der Waals surface area contributed by atoms with Gasteiger partial charge in [0.1, 0.15) is 0 Å². The van der Waals surface area contributed by atoms with Crippen LogP contribution in [0.2, 0.25) is 0 Å². The Balaban J connectivity index is 1.50. The van der Waals surface area contributed by atoms with Gasteiger partial charge in [-0.1, -0.05) is 12.1 Å². The van der Waals surface area contributed by atoms with E-state index in [-0.39, 0.29) is 6.03 Å². The van der Waals surface area contributed by atoms with E-state index in [9.17, 15) is 4.79 Å². The summed E-state index contributed by atoms with van der Waals surface area (Å²) in [7, 11) is 3.59. The number of aryl methyl sites for hydroxylation is 2. The monoisotopic (exact) mass is 485 g/mol. The minimum atomic E-state index is -0.0537. The predicted molar refractivity (Wildman–Crippen MR) is 138 cm³/mol. The number of amides is 2. The molecule has 186 valence electrons. The normalized spacial score (nSPS) is 16.4. The number of fused-ring (bicyclic) bond motifs is 2. The number of rotatable bonds is 3. The minimum Gasteiger partial charge on any atom is -0.381 e. The summed E-state index contributed by atoms with van der Waals surface area (Å²) in [5.74, 6) is 0. The van der Waals surface area contributed by atoms with Crippen LogP contribution in [0.5, 0.6) is 0 Å². The number of benzene rings is 1. The number of ether oxygens (including phenoxy) is 1. The molecule has 2 aliphatic rings. The average molecular weight is 486 g/mol. The number of aromatic nitrogens is 5. The molecule has 0 saturated carbocycles. The van der Waals surface area contributed by atoms with Crippen LogP contribution in [-0.4, -0.2) is 62.3 Å². The molecule has 1 saturated heterocycles. The highest BCUT2D eigenvalue weighted by Crippen LogP contribution is 2.38. The first-order valence-corrected chi connectivity index (χ1v) is 12.6. The Morgan fingerprint density at radius 3 is 2.75 bits per heavy atom. The van der Waals surface area contributed by atoms with Gasteiger partial charge in [0, 0.05) is 80.4 Å². The molecule has 2 amide bonds. The van der Waals surface area contributed by atoms with Crippen molar-refractivity contribution < 1.29 is 9.53 Å². The SMILES string of the molecule is CNC(=O)N1CCc2c(c(-c3ccc(C)c4cc(-c5cnn(C)c5)ncc34)nn2C2CCOCC2)C1. The molecule has 0 radical (unpaired) electrons. The molecule has 0 unspecified atom stereocenters. The summed E-state index contributed by atoms with van der Waals surface area (Å²) in [6.45, 7) is 4.87. The number of hydrogen-bond donors (Lipinski definition) is 1. The molecule has 3 aromatic heterocycles. The van der Waals surface area contributed by atoms with Crippen LogP contribution in [0.4, 0.5) is 4.79 Å². The van der Waals surface area contributed by atoms with E-state index in [2.05, 4.69) is 40.2 Å². The molecule has 0 atom stereocenters. The summed E-state index contributed by atoms with van der Waals surface area (Å²) >= 11 is 0. The molecule has 0 bridgehead atoms. The van der Waals surface area contributed by atoms with Gasteiger partial charge >= 0.3 is 6.03 Å². The first kappa shape index (κ1) is 22.7. The first-order chi connectivity index (χ1) is 17.5. The molecule has 5 heterocycles. The van der Waals surface area contributed by atoms with E-state index in [0.717, 1.165) is 71.3 Å². The van der Waals surface area contributed by atoms with Crippen LogP contribution in [0.3, 0.4) is 0 Å². The molecule has 1 aromatic carbocycles. The number of hydrogen-bond acceptors (Lipinski definition) is 5. The summed E-state index contributed by atoms with van der Waals surface area (Å²) in [4.78, 5) is 19.2. The van der Waals surface area contributed by atoms with Gasteiger partial charge in [-0.05, 0) is 36.8 Å². The van der Waals surface area contributed by atoms with E-state index in [1.54, 1.807) is 11.7 Å². The van der Waals surface area contributed by atoms with Crippen molar-refractivity contribution in [3.8, 4) is 22.5 Å². The summed E-state index contributed by atoms with van der Waals surface area (Å²) in [5.41, 5.74) is 7.46. The quantitative estimate of drug-likeness (QED) is 0.476. The van der Waals surface area contributed by atoms with Gasteiger partial charge in [-0.15, -0.1) is 0 Å². The summed E-state index contributed by atoms with van der Waals surface area (Å²) < 4.78 is 9.65. The van der Waals surface area contributed by atoms with Crippen LogP contribution in [0.25, 0.3) is 33.3 Å². The van der Waals surface area contributed by atoms with Gasteiger partial charge in [0.15, 0.2) is 0 Å². The number of urea groups is 1. The number of pyridine rings is 1. The minimum absolute atomic E-state index is 0.0537. The zero-order valence-corrected chi connectivity index (χ0v) is 21.0. The number of nitrogens with zero attached hydrogens (tertiary/aromatic N) is 6. The maximum atomic E-state index is 12.5. The molecule has 0 aliphatic carbocycles. The third-order valence-corrected chi connectivity index (χ3v) is 7.50. The molecule has 1 N–H and O–H groups in total. The average Bonchev–Trinajstić information content (AvgIpc) is 3.52. The first-order valence-electron chi connectivity index (χ1n) is 12.6. The van der Waals surface area contributed by atoms with E-state index >= 15 is 0 Å². The summed E-state index contributed by atoms with van der Waals surface area (Å²) in [6, 6.07) is 6.72. The second kappa shape index (κ2) is 9.05. The zero-order valence-electron chi connectivity index (χ0n) is 21.0. The zero-order chi connectivity index (χ0) is 24.8. The lowest BCUT2D eigenvalue weighted by Crippen LogP contribution is -2.41. The third kappa shape index (κ3) is 3.83. The number of carbonyl (C=O) groups is 1. The van der Waals surface area contributed by atoms with Gasteiger partial charge in [-0.2, -0.15) is 10.2 Å². The maximum absolute atomic E-state index is 12.5. The van der Waals surface area contributed by atoms with E-state index < -0.39 is 0 Å². The molecule has 4 aromatic rings. The lowest BCUT2D eigenvalue weighted by Gasteiger charge is -2.29. The van der Waals surface area contributed by atoms with Crippen LogP contribution in [0.1, 0.15) is 35.7 Å². The molecule has 2 aliphatic heterocycles. The fourth-order valence-electron chi connectivity index (χ4n) is 5.53. The van der Waals surface area contributed by atoms with Crippen molar-refractivity contribution in [1.82, 2.24) is 34.8 Å². The van der Waals surface area contributed by atoms with Crippen molar-refractivity contribution in [1.29, 1.82) is 0 Å². The Morgan fingerprint density at radius 2 is 2.00 bits per heavy atom. The molecule has 9 heteroatoms. The van der Waals surface area contributed by atoms with Crippen LogP contribution in [0, 0.1) is 6.92 Å². The lowest BCUT2D eigenvalue weighted by molar-refractivity contribution is 0.0651. The Morgan fingerprint density at radius 1 is 1.17 bits per heavy atom. The van der Waals surface area contributed by atoms with Crippen molar-refractivity contribution in [3.63, 3.8) is 0 Å².